The molecule has 0 spiro atoms. The Balaban J connectivity index is 1.59. The second-order valence-electron chi connectivity index (χ2n) is 8.01. The number of imidazole rings is 1. The van der Waals surface area contributed by atoms with Crippen LogP contribution in [0.2, 0.25) is 0 Å². The lowest BCUT2D eigenvalue weighted by Gasteiger charge is -2.10. The topological polar surface area (TPSA) is 51.8 Å². The lowest BCUT2D eigenvalue weighted by Crippen LogP contribution is -2.14. The largest absolute Gasteiger partial charge is 0.331 e. The fourth-order valence-corrected chi connectivity index (χ4v) is 4.27. The van der Waals surface area contributed by atoms with Crippen molar-refractivity contribution in [1.29, 1.82) is 0 Å². The highest BCUT2D eigenvalue weighted by molar-refractivity contribution is 5.88. The van der Waals surface area contributed by atoms with Crippen LogP contribution in [0.15, 0.2) is 48.9 Å². The first-order chi connectivity index (χ1) is 14.2. The van der Waals surface area contributed by atoms with Crippen LogP contribution in [0, 0.1) is 0 Å². The summed E-state index contributed by atoms with van der Waals surface area (Å²) in [5.74, 6) is 0. The van der Waals surface area contributed by atoms with E-state index in [4.69, 9.17) is 5.10 Å². The SMILES string of the molecule is CN(C)CCCn1cnc2ccc(-c3c(-c4ccccn4)nn4c3CCC4)cc21. The number of nitrogens with zero attached hydrogens (tertiary/aromatic N) is 6. The van der Waals surface area contributed by atoms with Crippen molar-refractivity contribution in [1.82, 2.24) is 29.2 Å². The molecule has 4 aromatic rings. The molecule has 0 radical (unpaired) electrons. The summed E-state index contributed by atoms with van der Waals surface area (Å²) >= 11 is 0. The number of pyridine rings is 1. The standard InChI is InChI=1S/C23H26N6/c1-27(2)12-6-13-28-16-25-18-10-9-17(15-21(18)28)22-20-8-5-14-29(20)26-23(22)19-7-3-4-11-24-19/h3-4,7,9-11,15-16H,5-6,8,12-14H2,1-2H3. The van der Waals surface area contributed by atoms with Gasteiger partial charge in [0.15, 0.2) is 0 Å². The van der Waals surface area contributed by atoms with Gasteiger partial charge >= 0.3 is 0 Å². The van der Waals surface area contributed by atoms with Crippen molar-refractivity contribution in [3.63, 3.8) is 0 Å². The van der Waals surface area contributed by atoms with Gasteiger partial charge in [-0.2, -0.15) is 5.10 Å². The average Bonchev–Trinajstić information content (AvgIpc) is 3.42. The van der Waals surface area contributed by atoms with Gasteiger partial charge in [0.1, 0.15) is 5.69 Å². The molecule has 3 aromatic heterocycles. The van der Waals surface area contributed by atoms with Crippen LogP contribution in [0.1, 0.15) is 18.5 Å². The molecule has 0 saturated carbocycles. The lowest BCUT2D eigenvalue weighted by atomic mass is 9.99. The van der Waals surface area contributed by atoms with E-state index < -0.39 is 0 Å². The Bertz CT molecular complexity index is 1140. The number of hydrogen-bond acceptors (Lipinski definition) is 4. The second kappa shape index (κ2) is 7.44. The van der Waals surface area contributed by atoms with Crippen LogP contribution in [0.3, 0.4) is 0 Å². The smallest absolute Gasteiger partial charge is 0.119 e. The molecule has 29 heavy (non-hydrogen) atoms. The van der Waals surface area contributed by atoms with Crippen LogP contribution in [-0.4, -0.2) is 49.9 Å². The number of rotatable bonds is 6. The van der Waals surface area contributed by atoms with Crippen LogP contribution in [0.4, 0.5) is 0 Å². The Kier molecular flexibility index (Phi) is 4.64. The summed E-state index contributed by atoms with van der Waals surface area (Å²) in [7, 11) is 4.23. The zero-order valence-corrected chi connectivity index (χ0v) is 17.0. The Hall–Kier alpha value is -2.99. The van der Waals surface area contributed by atoms with Crippen LogP contribution < -0.4 is 0 Å². The zero-order valence-electron chi connectivity index (χ0n) is 17.0. The molecule has 5 rings (SSSR count). The summed E-state index contributed by atoms with van der Waals surface area (Å²) in [5, 5.41) is 4.92. The molecular weight excluding hydrogens is 360 g/mol. The van der Waals surface area contributed by atoms with Gasteiger partial charge in [0, 0.05) is 30.5 Å². The van der Waals surface area contributed by atoms with Crippen molar-refractivity contribution in [2.45, 2.75) is 32.4 Å². The van der Waals surface area contributed by atoms with Gasteiger partial charge in [-0.1, -0.05) is 12.1 Å². The van der Waals surface area contributed by atoms with E-state index in [-0.39, 0.29) is 0 Å². The third-order valence-corrected chi connectivity index (χ3v) is 5.66. The summed E-state index contributed by atoms with van der Waals surface area (Å²) < 4.78 is 4.43. The van der Waals surface area contributed by atoms with Crippen LogP contribution in [0.5, 0.6) is 0 Å². The Labute approximate surface area is 170 Å². The molecule has 1 aliphatic rings. The highest BCUT2D eigenvalue weighted by atomic mass is 15.3. The Morgan fingerprint density at radius 3 is 2.86 bits per heavy atom. The molecule has 0 amide bonds. The Morgan fingerprint density at radius 1 is 1.10 bits per heavy atom. The molecule has 0 atom stereocenters. The third-order valence-electron chi connectivity index (χ3n) is 5.66. The summed E-state index contributed by atoms with van der Waals surface area (Å²) in [6, 6.07) is 12.6. The van der Waals surface area contributed by atoms with Gasteiger partial charge in [-0.05, 0) is 69.7 Å². The minimum Gasteiger partial charge on any atom is -0.331 e. The summed E-state index contributed by atoms with van der Waals surface area (Å²) in [6.07, 6.45) is 7.13. The molecule has 6 nitrogen and oxygen atoms in total. The number of fused-ring (bicyclic) bond motifs is 2. The van der Waals surface area contributed by atoms with Gasteiger partial charge in [-0.25, -0.2) is 4.98 Å². The molecule has 0 fully saturated rings. The van der Waals surface area contributed by atoms with Crippen molar-refractivity contribution < 1.29 is 0 Å². The summed E-state index contributed by atoms with van der Waals surface area (Å²) in [4.78, 5) is 11.4. The number of benzene rings is 1. The molecule has 1 aromatic carbocycles. The van der Waals surface area contributed by atoms with E-state index in [1.165, 1.54) is 22.3 Å². The quantitative estimate of drug-likeness (QED) is 0.505. The molecule has 0 saturated heterocycles. The predicted molar refractivity (Wildman–Crippen MR) is 116 cm³/mol. The normalized spacial score (nSPS) is 13.5. The summed E-state index contributed by atoms with van der Waals surface area (Å²) in [6.45, 7) is 3.03. The van der Waals surface area contributed by atoms with Gasteiger partial charge in [0.2, 0.25) is 0 Å². The van der Waals surface area contributed by atoms with Gasteiger partial charge in [0.05, 0.1) is 23.1 Å². The maximum atomic E-state index is 4.92. The molecule has 0 unspecified atom stereocenters. The molecule has 4 heterocycles. The van der Waals surface area contributed by atoms with E-state index >= 15 is 0 Å². The highest BCUT2D eigenvalue weighted by Crippen LogP contribution is 2.37. The van der Waals surface area contributed by atoms with E-state index in [0.29, 0.717) is 0 Å². The molecule has 0 N–H and O–H groups in total. The predicted octanol–water partition coefficient (Wildman–Crippen LogP) is 3.86. The molecular formula is C23H26N6. The van der Waals surface area contributed by atoms with E-state index in [9.17, 15) is 0 Å². The van der Waals surface area contributed by atoms with Crippen molar-refractivity contribution in [2.75, 3.05) is 20.6 Å². The first-order valence-corrected chi connectivity index (χ1v) is 10.3. The molecule has 0 bridgehead atoms. The van der Waals surface area contributed by atoms with Crippen molar-refractivity contribution in [3.8, 4) is 22.5 Å². The number of aromatic nitrogens is 5. The Morgan fingerprint density at radius 2 is 2.03 bits per heavy atom. The van der Waals surface area contributed by atoms with Crippen molar-refractivity contribution in [2.24, 2.45) is 0 Å². The maximum absolute atomic E-state index is 4.92. The first kappa shape index (κ1) is 18.1. The van der Waals surface area contributed by atoms with Gasteiger partial charge in [0.25, 0.3) is 0 Å². The molecule has 6 heteroatoms. The van der Waals surface area contributed by atoms with Crippen LogP contribution >= 0.6 is 0 Å². The molecule has 1 aliphatic heterocycles. The zero-order chi connectivity index (χ0) is 19.8. The fourth-order valence-electron chi connectivity index (χ4n) is 4.27. The molecule has 148 valence electrons. The van der Waals surface area contributed by atoms with E-state index in [2.05, 4.69) is 56.4 Å². The minimum atomic E-state index is 0.934. The minimum absolute atomic E-state index is 0.934. The van der Waals surface area contributed by atoms with Gasteiger partial charge < -0.3 is 9.47 Å². The molecule has 0 aliphatic carbocycles. The van der Waals surface area contributed by atoms with Gasteiger partial charge in [-0.15, -0.1) is 0 Å². The maximum Gasteiger partial charge on any atom is 0.119 e. The van der Waals surface area contributed by atoms with Crippen LogP contribution in [0.25, 0.3) is 33.5 Å². The van der Waals surface area contributed by atoms with Crippen molar-refractivity contribution >= 4 is 11.0 Å². The van der Waals surface area contributed by atoms with Gasteiger partial charge in [-0.3, -0.25) is 9.67 Å². The van der Waals surface area contributed by atoms with Crippen molar-refractivity contribution in [3.05, 3.63) is 54.6 Å². The van der Waals surface area contributed by atoms with E-state index in [1.54, 1.807) is 0 Å². The second-order valence-corrected chi connectivity index (χ2v) is 8.01. The third kappa shape index (κ3) is 3.34. The monoisotopic (exact) mass is 386 g/mol. The lowest BCUT2D eigenvalue weighted by molar-refractivity contribution is 0.387. The highest BCUT2D eigenvalue weighted by Gasteiger charge is 2.24. The first-order valence-electron chi connectivity index (χ1n) is 10.3. The number of hydrogen-bond donors (Lipinski definition) is 0. The fraction of sp³-hybridized carbons (Fsp3) is 0.348. The number of aryl methyl sites for hydroxylation is 2. The average molecular weight is 387 g/mol. The van der Waals surface area contributed by atoms with Crippen LogP contribution in [-0.2, 0) is 19.5 Å². The van der Waals surface area contributed by atoms with E-state index in [0.717, 1.165) is 55.8 Å². The summed E-state index contributed by atoms with van der Waals surface area (Å²) in [5.41, 5.74) is 7.90. The van der Waals surface area contributed by atoms with E-state index in [1.807, 2.05) is 30.7 Å².